The second-order valence-corrected chi connectivity index (χ2v) is 10.4. The lowest BCUT2D eigenvalue weighted by Crippen LogP contribution is -2.28. The lowest BCUT2D eigenvalue weighted by atomic mass is 10.0. The average Bonchev–Trinajstić information content (AvgIpc) is 2.78. The van der Waals surface area contributed by atoms with Crippen molar-refractivity contribution in [2.24, 2.45) is 0 Å². The van der Waals surface area contributed by atoms with Gasteiger partial charge in [0.25, 0.3) is 15.9 Å². The highest BCUT2D eigenvalue weighted by atomic mass is 32.2. The molecule has 2 N–H and O–H groups in total. The van der Waals surface area contributed by atoms with Crippen molar-refractivity contribution in [3.63, 3.8) is 0 Å². The van der Waals surface area contributed by atoms with Gasteiger partial charge in [0.05, 0.1) is 17.1 Å². The van der Waals surface area contributed by atoms with Crippen LogP contribution in [0.5, 0.6) is 5.75 Å². The first-order chi connectivity index (χ1) is 16.1. The number of amides is 1. The lowest BCUT2D eigenvalue weighted by Gasteiger charge is -2.15. The van der Waals surface area contributed by atoms with Crippen LogP contribution in [0.25, 0.3) is 0 Å². The largest absolute Gasteiger partial charge is 0.491 e. The molecule has 0 saturated carbocycles. The minimum absolute atomic E-state index is 0.0715. The van der Waals surface area contributed by atoms with Gasteiger partial charge >= 0.3 is 0 Å². The van der Waals surface area contributed by atoms with Crippen molar-refractivity contribution in [2.45, 2.75) is 45.4 Å². The van der Waals surface area contributed by atoms with E-state index in [0.29, 0.717) is 30.3 Å². The van der Waals surface area contributed by atoms with Crippen LogP contribution in [0.15, 0.2) is 65.6 Å². The van der Waals surface area contributed by atoms with E-state index in [-0.39, 0.29) is 16.4 Å². The number of hydrogen-bond acceptors (Lipinski definition) is 4. The highest BCUT2D eigenvalue weighted by Crippen LogP contribution is 2.26. The summed E-state index contributed by atoms with van der Waals surface area (Å²) in [6, 6.07) is 18.0. The molecule has 3 aromatic rings. The molecule has 6 nitrogen and oxygen atoms in total. The van der Waals surface area contributed by atoms with Crippen molar-refractivity contribution >= 4 is 21.6 Å². The lowest BCUT2D eigenvalue weighted by molar-refractivity contribution is 0.0946. The molecule has 7 heteroatoms. The third kappa shape index (κ3) is 6.17. The Morgan fingerprint density at radius 3 is 2.38 bits per heavy atom. The van der Waals surface area contributed by atoms with Crippen molar-refractivity contribution in [2.75, 3.05) is 17.9 Å². The molecule has 0 heterocycles. The first-order valence-electron chi connectivity index (χ1n) is 11.3. The van der Waals surface area contributed by atoms with Crippen molar-refractivity contribution in [3.05, 3.63) is 88.5 Å². The summed E-state index contributed by atoms with van der Waals surface area (Å²) in [5, 5.41) is 2.80. The van der Waals surface area contributed by atoms with Crippen LogP contribution in [-0.2, 0) is 10.0 Å². The zero-order valence-electron chi connectivity index (χ0n) is 20.3. The predicted octanol–water partition coefficient (Wildman–Crippen LogP) is 5.34. The normalized spacial score (nSPS) is 11.4. The minimum Gasteiger partial charge on any atom is -0.491 e. The number of carbonyl (C=O) groups excluding carboxylic acids is 1. The van der Waals surface area contributed by atoms with Gasteiger partial charge in [-0.2, -0.15) is 0 Å². The molecule has 0 spiro atoms. The molecule has 0 atom stereocenters. The van der Waals surface area contributed by atoms with Gasteiger partial charge in [-0.3, -0.25) is 9.52 Å². The van der Waals surface area contributed by atoms with Crippen LogP contribution < -0.4 is 14.8 Å². The Kier molecular flexibility index (Phi) is 7.99. The SMILES string of the molecule is Cc1ccc(NS(=O)(=O)c2cc(C(=O)NCCOc3ccccc3C(C)C)ccc2C)c(C)c1. The number of hydrogen-bond donors (Lipinski definition) is 2. The molecule has 0 aromatic heterocycles. The van der Waals surface area contributed by atoms with E-state index < -0.39 is 10.0 Å². The summed E-state index contributed by atoms with van der Waals surface area (Å²) < 4.78 is 34.6. The number of anilines is 1. The summed E-state index contributed by atoms with van der Waals surface area (Å²) in [4.78, 5) is 12.8. The Bertz CT molecular complexity index is 1280. The van der Waals surface area contributed by atoms with Crippen molar-refractivity contribution in [1.82, 2.24) is 5.32 Å². The summed E-state index contributed by atoms with van der Waals surface area (Å²) in [5.74, 6) is 0.771. The molecule has 1 amide bonds. The molecule has 0 bridgehead atoms. The van der Waals surface area contributed by atoms with Crippen LogP contribution in [0.1, 0.15) is 52.4 Å². The molecule has 0 aliphatic carbocycles. The van der Waals surface area contributed by atoms with Crippen molar-refractivity contribution in [1.29, 1.82) is 0 Å². The number of aryl methyl sites for hydroxylation is 3. The molecule has 0 saturated heterocycles. The fourth-order valence-electron chi connectivity index (χ4n) is 3.68. The number of benzene rings is 3. The van der Waals surface area contributed by atoms with Crippen LogP contribution >= 0.6 is 0 Å². The van der Waals surface area contributed by atoms with E-state index in [1.165, 1.54) is 6.07 Å². The molecule has 0 aliphatic rings. The van der Waals surface area contributed by atoms with E-state index in [2.05, 4.69) is 23.9 Å². The molecular weight excluding hydrogens is 448 g/mol. The molecule has 0 unspecified atom stereocenters. The maximum atomic E-state index is 13.1. The van der Waals surface area contributed by atoms with E-state index in [1.807, 2.05) is 50.2 Å². The first kappa shape index (κ1) is 25.3. The van der Waals surface area contributed by atoms with Gasteiger partial charge in [-0.25, -0.2) is 8.42 Å². The minimum atomic E-state index is -3.86. The van der Waals surface area contributed by atoms with Crippen LogP contribution in [0.3, 0.4) is 0 Å². The third-order valence-electron chi connectivity index (χ3n) is 5.55. The number of para-hydroxylation sites is 1. The number of rotatable bonds is 9. The van der Waals surface area contributed by atoms with Gasteiger partial charge in [0.15, 0.2) is 0 Å². The van der Waals surface area contributed by atoms with E-state index in [9.17, 15) is 13.2 Å². The van der Waals surface area contributed by atoms with Gasteiger partial charge in [0.1, 0.15) is 12.4 Å². The zero-order valence-corrected chi connectivity index (χ0v) is 21.1. The third-order valence-corrected chi connectivity index (χ3v) is 7.06. The molecule has 180 valence electrons. The van der Waals surface area contributed by atoms with Crippen molar-refractivity contribution < 1.29 is 17.9 Å². The zero-order chi connectivity index (χ0) is 24.9. The molecule has 34 heavy (non-hydrogen) atoms. The van der Waals surface area contributed by atoms with E-state index in [0.717, 1.165) is 22.4 Å². The van der Waals surface area contributed by atoms with Gasteiger partial charge in [-0.05, 0) is 67.6 Å². The Balaban J connectivity index is 1.67. The number of nitrogens with one attached hydrogen (secondary N) is 2. The quantitative estimate of drug-likeness (QED) is 0.405. The van der Waals surface area contributed by atoms with E-state index in [4.69, 9.17) is 4.74 Å². The summed E-state index contributed by atoms with van der Waals surface area (Å²) >= 11 is 0. The van der Waals surface area contributed by atoms with Gasteiger partial charge in [0, 0.05) is 5.56 Å². The Morgan fingerprint density at radius 2 is 1.68 bits per heavy atom. The van der Waals surface area contributed by atoms with Crippen molar-refractivity contribution in [3.8, 4) is 5.75 Å². The average molecular weight is 481 g/mol. The smallest absolute Gasteiger partial charge is 0.262 e. The number of carbonyl (C=O) groups is 1. The van der Waals surface area contributed by atoms with Gasteiger partial charge in [0.2, 0.25) is 0 Å². The first-order valence-corrected chi connectivity index (χ1v) is 12.8. The standard InChI is InChI=1S/C27H32N2O4S/c1-18(2)23-8-6-7-9-25(23)33-15-14-28-27(30)22-12-11-20(4)26(17-22)34(31,32)29-24-13-10-19(3)16-21(24)5/h6-13,16-18,29H,14-15H2,1-5H3,(H,28,30). The highest BCUT2D eigenvalue weighted by Gasteiger charge is 2.20. The van der Waals surface area contributed by atoms with Crippen LogP contribution in [0.2, 0.25) is 0 Å². The van der Waals surface area contributed by atoms with Gasteiger partial charge < -0.3 is 10.1 Å². The summed E-state index contributed by atoms with van der Waals surface area (Å²) in [5.41, 5.74) is 4.33. The fourth-order valence-corrected chi connectivity index (χ4v) is 5.08. The highest BCUT2D eigenvalue weighted by molar-refractivity contribution is 7.92. The van der Waals surface area contributed by atoms with Gasteiger partial charge in [-0.15, -0.1) is 0 Å². The maximum Gasteiger partial charge on any atom is 0.262 e. The van der Waals surface area contributed by atoms with Crippen LogP contribution in [0.4, 0.5) is 5.69 Å². The number of ether oxygens (including phenoxy) is 1. The molecule has 3 aromatic carbocycles. The summed E-state index contributed by atoms with van der Waals surface area (Å²) in [6.07, 6.45) is 0. The molecule has 0 fully saturated rings. The summed E-state index contributed by atoms with van der Waals surface area (Å²) in [6.45, 7) is 10.3. The molecule has 3 rings (SSSR count). The Hall–Kier alpha value is -3.32. The number of sulfonamides is 1. The van der Waals surface area contributed by atoms with Crippen LogP contribution in [-0.4, -0.2) is 27.5 Å². The predicted molar refractivity (Wildman–Crippen MR) is 136 cm³/mol. The monoisotopic (exact) mass is 480 g/mol. The molecular formula is C27H32N2O4S. The fraction of sp³-hybridized carbons (Fsp3) is 0.296. The topological polar surface area (TPSA) is 84.5 Å². The Morgan fingerprint density at radius 1 is 0.941 bits per heavy atom. The van der Waals surface area contributed by atoms with E-state index in [1.54, 1.807) is 25.1 Å². The van der Waals surface area contributed by atoms with Gasteiger partial charge in [-0.1, -0.05) is 55.8 Å². The second kappa shape index (κ2) is 10.7. The molecule has 0 radical (unpaired) electrons. The second-order valence-electron chi connectivity index (χ2n) is 8.70. The molecule has 0 aliphatic heterocycles. The Labute approximate surface area is 202 Å². The summed E-state index contributed by atoms with van der Waals surface area (Å²) in [7, 11) is -3.86. The van der Waals surface area contributed by atoms with Crippen LogP contribution in [0, 0.1) is 20.8 Å². The maximum absolute atomic E-state index is 13.1. The van der Waals surface area contributed by atoms with E-state index >= 15 is 0 Å².